The van der Waals surface area contributed by atoms with E-state index >= 15 is 0 Å². The molecule has 0 unspecified atom stereocenters. The number of sulfonamides is 1. The fourth-order valence-corrected chi connectivity index (χ4v) is 4.32. The number of fused-ring (bicyclic) bond motifs is 1. The summed E-state index contributed by atoms with van der Waals surface area (Å²) in [7, 11) is -3.71. The van der Waals surface area contributed by atoms with Gasteiger partial charge in [0.05, 0.1) is 28.8 Å². The minimum atomic E-state index is -3.71. The molecule has 0 fully saturated rings. The van der Waals surface area contributed by atoms with Crippen LogP contribution in [0.15, 0.2) is 23.2 Å². The lowest BCUT2D eigenvalue weighted by Crippen LogP contribution is -2.15. The van der Waals surface area contributed by atoms with Crippen LogP contribution in [-0.4, -0.2) is 28.4 Å². The van der Waals surface area contributed by atoms with Gasteiger partial charge in [-0.3, -0.25) is 14.5 Å². The lowest BCUT2D eigenvalue weighted by atomic mass is 10.1. The first-order valence-electron chi connectivity index (χ1n) is 7.34. The van der Waals surface area contributed by atoms with Gasteiger partial charge in [-0.2, -0.15) is 10.2 Å². The Morgan fingerprint density at radius 1 is 1.26 bits per heavy atom. The van der Waals surface area contributed by atoms with Crippen molar-refractivity contribution in [2.45, 2.75) is 39.1 Å². The third-order valence-corrected chi connectivity index (χ3v) is 5.53. The van der Waals surface area contributed by atoms with Gasteiger partial charge >= 0.3 is 0 Å². The zero-order chi connectivity index (χ0) is 16.8. The molecule has 23 heavy (non-hydrogen) atoms. The Morgan fingerprint density at radius 2 is 2.00 bits per heavy atom. The van der Waals surface area contributed by atoms with Gasteiger partial charge in [-0.1, -0.05) is 0 Å². The molecule has 0 aliphatic carbocycles. The van der Waals surface area contributed by atoms with Gasteiger partial charge < -0.3 is 0 Å². The molecule has 3 rings (SSSR count). The molecule has 0 bridgehead atoms. The van der Waals surface area contributed by atoms with Gasteiger partial charge in [-0.05, 0) is 45.4 Å². The number of benzene rings is 1. The standard InChI is InChI=1S/C15H19N5O2S/c1-5-20-11(4)15(10(3)18-20)23(21,22)19-13-7-14-12(6-9(13)2)8-16-17-14/h6-8,19H,5H2,1-4H3,(H,16,17). The zero-order valence-electron chi connectivity index (χ0n) is 13.5. The molecule has 0 radical (unpaired) electrons. The quantitative estimate of drug-likeness (QED) is 0.767. The summed E-state index contributed by atoms with van der Waals surface area (Å²) in [6.45, 7) is 7.89. The van der Waals surface area contributed by atoms with Crippen molar-refractivity contribution in [2.75, 3.05) is 4.72 Å². The zero-order valence-corrected chi connectivity index (χ0v) is 14.3. The molecule has 2 N–H and O–H groups in total. The fourth-order valence-electron chi connectivity index (χ4n) is 2.79. The molecular weight excluding hydrogens is 314 g/mol. The van der Waals surface area contributed by atoms with Gasteiger partial charge in [0, 0.05) is 11.9 Å². The van der Waals surface area contributed by atoms with Crippen LogP contribution in [0.4, 0.5) is 5.69 Å². The third kappa shape index (κ3) is 2.59. The molecule has 0 aliphatic rings. The molecule has 7 nitrogen and oxygen atoms in total. The third-order valence-electron chi connectivity index (χ3n) is 3.91. The Morgan fingerprint density at radius 3 is 2.65 bits per heavy atom. The van der Waals surface area contributed by atoms with Gasteiger partial charge in [0.25, 0.3) is 10.0 Å². The number of aromatic amines is 1. The Balaban J connectivity index is 2.06. The molecule has 0 amide bonds. The predicted molar refractivity (Wildman–Crippen MR) is 89.0 cm³/mol. The monoisotopic (exact) mass is 333 g/mol. The average molecular weight is 333 g/mol. The van der Waals surface area contributed by atoms with E-state index in [1.807, 2.05) is 19.9 Å². The molecular formula is C15H19N5O2S. The highest BCUT2D eigenvalue weighted by Crippen LogP contribution is 2.27. The summed E-state index contributed by atoms with van der Waals surface area (Å²) in [6.07, 6.45) is 1.71. The van der Waals surface area contributed by atoms with Crippen LogP contribution in [0.2, 0.25) is 0 Å². The Hall–Kier alpha value is -2.35. The lowest BCUT2D eigenvalue weighted by Gasteiger charge is -2.11. The lowest BCUT2D eigenvalue weighted by molar-refractivity contribution is 0.598. The number of hydrogen-bond donors (Lipinski definition) is 2. The number of hydrogen-bond acceptors (Lipinski definition) is 4. The molecule has 2 aromatic heterocycles. The molecule has 2 heterocycles. The molecule has 122 valence electrons. The van der Waals surface area contributed by atoms with Crippen molar-refractivity contribution in [3.8, 4) is 0 Å². The first-order chi connectivity index (χ1) is 10.8. The predicted octanol–water partition coefficient (Wildman–Crippen LogP) is 2.51. The fraction of sp³-hybridized carbons (Fsp3) is 0.333. The first kappa shape index (κ1) is 15.5. The van der Waals surface area contributed by atoms with Crippen molar-refractivity contribution in [3.05, 3.63) is 35.3 Å². The minimum absolute atomic E-state index is 0.239. The topological polar surface area (TPSA) is 92.7 Å². The largest absolute Gasteiger partial charge is 0.279 e. The van der Waals surface area contributed by atoms with Gasteiger partial charge in [0.15, 0.2) is 0 Å². The molecule has 0 atom stereocenters. The highest BCUT2D eigenvalue weighted by Gasteiger charge is 2.25. The number of H-pyrrole nitrogens is 1. The van der Waals surface area contributed by atoms with Crippen molar-refractivity contribution in [3.63, 3.8) is 0 Å². The Labute approximate surface area is 134 Å². The highest BCUT2D eigenvalue weighted by atomic mass is 32.2. The van der Waals surface area contributed by atoms with Crippen LogP contribution in [0.3, 0.4) is 0 Å². The summed E-state index contributed by atoms with van der Waals surface area (Å²) in [5, 5.41) is 12.0. The molecule has 0 aliphatic heterocycles. The van der Waals surface area contributed by atoms with E-state index in [2.05, 4.69) is 20.0 Å². The molecule has 0 saturated heterocycles. The van der Waals surface area contributed by atoms with Gasteiger partial charge in [0.2, 0.25) is 0 Å². The molecule has 0 spiro atoms. The van der Waals surface area contributed by atoms with Gasteiger partial charge in [-0.15, -0.1) is 0 Å². The smallest absolute Gasteiger partial charge is 0.265 e. The number of anilines is 1. The molecule has 8 heteroatoms. The van der Waals surface area contributed by atoms with Gasteiger partial charge in [-0.25, -0.2) is 8.42 Å². The van der Waals surface area contributed by atoms with Crippen LogP contribution in [0, 0.1) is 20.8 Å². The normalized spacial score (nSPS) is 12.0. The van der Waals surface area contributed by atoms with E-state index < -0.39 is 10.0 Å². The second kappa shape index (κ2) is 5.38. The van der Waals surface area contributed by atoms with E-state index in [1.165, 1.54) is 0 Å². The van der Waals surface area contributed by atoms with E-state index in [-0.39, 0.29) is 4.90 Å². The van der Waals surface area contributed by atoms with Crippen LogP contribution in [0.5, 0.6) is 0 Å². The summed E-state index contributed by atoms with van der Waals surface area (Å²) >= 11 is 0. The van der Waals surface area contributed by atoms with Crippen molar-refractivity contribution >= 4 is 26.6 Å². The SMILES string of the molecule is CCn1nc(C)c(S(=O)(=O)Nc2cc3[nH]ncc3cc2C)c1C. The summed E-state index contributed by atoms with van der Waals surface area (Å²) < 4.78 is 30.0. The summed E-state index contributed by atoms with van der Waals surface area (Å²) in [6, 6.07) is 3.65. The number of nitrogens with one attached hydrogen (secondary N) is 2. The molecule has 3 aromatic rings. The Bertz CT molecular complexity index is 985. The minimum Gasteiger partial charge on any atom is -0.279 e. The average Bonchev–Trinajstić information content (AvgIpc) is 3.02. The van der Waals surface area contributed by atoms with Crippen molar-refractivity contribution in [2.24, 2.45) is 0 Å². The number of rotatable bonds is 4. The van der Waals surface area contributed by atoms with Crippen molar-refractivity contribution in [1.82, 2.24) is 20.0 Å². The van der Waals surface area contributed by atoms with Crippen LogP contribution < -0.4 is 4.72 Å². The summed E-state index contributed by atoms with van der Waals surface area (Å²) in [5.74, 6) is 0. The van der Waals surface area contributed by atoms with E-state index in [4.69, 9.17) is 0 Å². The van der Waals surface area contributed by atoms with Crippen molar-refractivity contribution < 1.29 is 8.42 Å². The van der Waals surface area contributed by atoms with E-state index in [0.717, 1.165) is 16.5 Å². The van der Waals surface area contributed by atoms with Crippen LogP contribution >= 0.6 is 0 Å². The number of nitrogens with zero attached hydrogens (tertiary/aromatic N) is 3. The maximum Gasteiger partial charge on any atom is 0.265 e. The number of aryl methyl sites for hydroxylation is 3. The molecule has 1 aromatic carbocycles. The van der Waals surface area contributed by atoms with Crippen LogP contribution in [-0.2, 0) is 16.6 Å². The van der Waals surface area contributed by atoms with E-state index in [1.54, 1.807) is 30.8 Å². The maximum atomic E-state index is 12.8. The van der Waals surface area contributed by atoms with Crippen LogP contribution in [0.25, 0.3) is 10.9 Å². The molecule has 0 saturated carbocycles. The highest BCUT2D eigenvalue weighted by molar-refractivity contribution is 7.92. The first-order valence-corrected chi connectivity index (χ1v) is 8.82. The summed E-state index contributed by atoms with van der Waals surface area (Å²) in [5.41, 5.74) is 3.28. The second-order valence-electron chi connectivity index (χ2n) is 5.55. The maximum absolute atomic E-state index is 12.8. The van der Waals surface area contributed by atoms with E-state index in [9.17, 15) is 8.42 Å². The van der Waals surface area contributed by atoms with Crippen LogP contribution in [0.1, 0.15) is 23.9 Å². The van der Waals surface area contributed by atoms with Crippen molar-refractivity contribution in [1.29, 1.82) is 0 Å². The van der Waals surface area contributed by atoms with Gasteiger partial charge in [0.1, 0.15) is 4.90 Å². The second-order valence-corrected chi connectivity index (χ2v) is 7.16. The Kier molecular flexibility index (Phi) is 3.63. The van der Waals surface area contributed by atoms with E-state index in [0.29, 0.717) is 23.6 Å². The summed E-state index contributed by atoms with van der Waals surface area (Å²) in [4.78, 5) is 0.239. The number of aromatic nitrogens is 4.